The minimum Gasteiger partial charge on any atom is -0.462 e. The third-order valence-electron chi connectivity index (χ3n) is 5.96. The van der Waals surface area contributed by atoms with Crippen LogP contribution in [0, 0.1) is 6.92 Å². The molecule has 3 aromatic carbocycles. The number of nitrogens with one attached hydrogen (secondary N) is 1. The molecule has 0 aliphatic rings. The van der Waals surface area contributed by atoms with Crippen molar-refractivity contribution in [1.82, 2.24) is 4.98 Å². The number of anilines is 1. The van der Waals surface area contributed by atoms with Gasteiger partial charge in [-0.05, 0) is 43.7 Å². The average molecular weight is 527 g/mol. The summed E-state index contributed by atoms with van der Waals surface area (Å²) in [4.78, 5) is 31.4. The topological polar surface area (TPSA) is 68.3 Å². The molecule has 1 N–H and O–H groups in total. The molecule has 5 aromatic rings. The Morgan fingerprint density at radius 2 is 1.68 bits per heavy atom. The van der Waals surface area contributed by atoms with Gasteiger partial charge in [0.15, 0.2) is 0 Å². The fourth-order valence-corrected chi connectivity index (χ4v) is 5.18. The van der Waals surface area contributed by atoms with Gasteiger partial charge in [-0.25, -0.2) is 9.78 Å². The summed E-state index contributed by atoms with van der Waals surface area (Å²) >= 11 is 7.36. The molecule has 2 heterocycles. The van der Waals surface area contributed by atoms with E-state index in [4.69, 9.17) is 21.3 Å². The van der Waals surface area contributed by atoms with Crippen molar-refractivity contribution < 1.29 is 14.3 Å². The van der Waals surface area contributed by atoms with E-state index in [1.165, 1.54) is 11.3 Å². The second-order valence-electron chi connectivity index (χ2n) is 8.47. The van der Waals surface area contributed by atoms with Crippen LogP contribution in [0.3, 0.4) is 0 Å². The summed E-state index contributed by atoms with van der Waals surface area (Å²) in [6, 6.07) is 24.5. The SMILES string of the molecule is CCOC(=O)c1c(-c2ccc(C)cc2)csc1NC(=O)c1cc(-c2ccc(Cl)cc2)nc2ccccc12. The van der Waals surface area contributed by atoms with E-state index in [9.17, 15) is 9.59 Å². The second-order valence-corrected chi connectivity index (χ2v) is 9.79. The Morgan fingerprint density at radius 3 is 2.41 bits per heavy atom. The van der Waals surface area contributed by atoms with E-state index in [0.29, 0.717) is 37.7 Å². The largest absolute Gasteiger partial charge is 0.462 e. The monoisotopic (exact) mass is 526 g/mol. The Bertz CT molecular complexity index is 1610. The van der Waals surface area contributed by atoms with Gasteiger partial charge in [0.25, 0.3) is 5.91 Å². The fraction of sp³-hybridized carbons (Fsp3) is 0.100. The summed E-state index contributed by atoms with van der Waals surface area (Å²) in [6.07, 6.45) is 0. The number of carbonyl (C=O) groups excluding carboxylic acids is 2. The summed E-state index contributed by atoms with van der Waals surface area (Å²) in [5.41, 5.74) is 5.70. The first-order chi connectivity index (χ1) is 17.9. The summed E-state index contributed by atoms with van der Waals surface area (Å²) in [6.45, 7) is 4.00. The predicted molar refractivity (Wildman–Crippen MR) is 151 cm³/mol. The Labute approximate surface area is 223 Å². The lowest BCUT2D eigenvalue weighted by Crippen LogP contribution is -2.15. The number of rotatable bonds is 6. The van der Waals surface area contributed by atoms with Crippen molar-refractivity contribution >= 4 is 50.7 Å². The van der Waals surface area contributed by atoms with Gasteiger partial charge in [-0.1, -0.05) is 71.8 Å². The van der Waals surface area contributed by atoms with E-state index in [-0.39, 0.29) is 12.5 Å². The van der Waals surface area contributed by atoms with Crippen molar-refractivity contribution in [1.29, 1.82) is 0 Å². The number of amides is 1. The number of fused-ring (bicyclic) bond motifs is 1. The van der Waals surface area contributed by atoms with Gasteiger partial charge in [0, 0.05) is 26.9 Å². The number of esters is 1. The number of nitrogens with zero attached hydrogens (tertiary/aromatic N) is 1. The molecule has 0 atom stereocenters. The quantitative estimate of drug-likeness (QED) is 0.227. The van der Waals surface area contributed by atoms with E-state index in [0.717, 1.165) is 22.3 Å². The van der Waals surface area contributed by atoms with Crippen LogP contribution in [0.15, 0.2) is 84.2 Å². The average Bonchev–Trinajstić information content (AvgIpc) is 3.32. The zero-order valence-corrected chi connectivity index (χ0v) is 21.8. The molecule has 1 amide bonds. The Hall–Kier alpha value is -4.00. The molecule has 0 saturated heterocycles. The molecule has 7 heteroatoms. The van der Waals surface area contributed by atoms with E-state index < -0.39 is 5.97 Å². The van der Waals surface area contributed by atoms with Crippen molar-refractivity contribution in [2.75, 3.05) is 11.9 Å². The van der Waals surface area contributed by atoms with Gasteiger partial charge in [0.1, 0.15) is 10.6 Å². The predicted octanol–water partition coefficient (Wildman–Crippen LogP) is 8.02. The van der Waals surface area contributed by atoms with Crippen LogP contribution in [0.1, 0.15) is 33.2 Å². The molecule has 0 aliphatic heterocycles. The number of aryl methyl sites for hydroxylation is 1. The number of aromatic nitrogens is 1. The number of benzene rings is 3. The molecule has 0 saturated carbocycles. The number of pyridine rings is 1. The van der Waals surface area contributed by atoms with Gasteiger partial charge in [-0.15, -0.1) is 11.3 Å². The van der Waals surface area contributed by atoms with Gasteiger partial charge in [0.2, 0.25) is 0 Å². The van der Waals surface area contributed by atoms with Crippen molar-refractivity contribution in [2.45, 2.75) is 13.8 Å². The van der Waals surface area contributed by atoms with Crippen molar-refractivity contribution in [3.63, 3.8) is 0 Å². The lowest BCUT2D eigenvalue weighted by molar-refractivity contribution is 0.0529. The summed E-state index contributed by atoms with van der Waals surface area (Å²) in [5.74, 6) is -0.812. The van der Waals surface area contributed by atoms with E-state index in [1.54, 1.807) is 25.1 Å². The standard InChI is InChI=1S/C30H23ClN2O3S/c1-3-36-30(35)27-24(19-10-8-18(2)9-11-19)17-37-29(27)33-28(34)23-16-26(20-12-14-21(31)15-13-20)32-25-7-5-4-6-22(23)25/h4-17H,3H2,1-2H3,(H,33,34). The highest BCUT2D eigenvalue weighted by atomic mass is 35.5. The molecule has 184 valence electrons. The summed E-state index contributed by atoms with van der Waals surface area (Å²) < 4.78 is 5.35. The van der Waals surface area contributed by atoms with Crippen LogP contribution in [-0.4, -0.2) is 23.5 Å². The maximum atomic E-state index is 13.7. The number of para-hydroxylation sites is 1. The van der Waals surface area contributed by atoms with E-state index in [1.807, 2.05) is 73.0 Å². The fourth-order valence-electron chi connectivity index (χ4n) is 4.10. The summed E-state index contributed by atoms with van der Waals surface area (Å²) in [7, 11) is 0. The molecule has 0 spiro atoms. The molecule has 0 fully saturated rings. The number of thiophene rings is 1. The van der Waals surface area contributed by atoms with E-state index in [2.05, 4.69) is 5.32 Å². The maximum Gasteiger partial charge on any atom is 0.341 e. The summed E-state index contributed by atoms with van der Waals surface area (Å²) in [5, 5.41) is 6.62. The van der Waals surface area contributed by atoms with Gasteiger partial charge in [0.05, 0.1) is 23.4 Å². The molecule has 0 aliphatic carbocycles. The van der Waals surface area contributed by atoms with Gasteiger partial charge in [-0.3, -0.25) is 4.79 Å². The Balaban J connectivity index is 1.57. The Morgan fingerprint density at radius 1 is 0.973 bits per heavy atom. The van der Waals surface area contributed by atoms with Gasteiger partial charge < -0.3 is 10.1 Å². The number of ether oxygens (including phenoxy) is 1. The minimum atomic E-state index is -0.476. The van der Waals surface area contributed by atoms with Crippen molar-refractivity contribution in [3.8, 4) is 22.4 Å². The highest BCUT2D eigenvalue weighted by molar-refractivity contribution is 7.15. The normalized spacial score (nSPS) is 10.9. The molecule has 2 aromatic heterocycles. The van der Waals surface area contributed by atoms with Crippen LogP contribution in [0.4, 0.5) is 5.00 Å². The van der Waals surface area contributed by atoms with Gasteiger partial charge >= 0.3 is 5.97 Å². The maximum absolute atomic E-state index is 13.7. The number of carbonyl (C=O) groups is 2. The number of hydrogen-bond acceptors (Lipinski definition) is 5. The smallest absolute Gasteiger partial charge is 0.341 e. The zero-order valence-electron chi connectivity index (χ0n) is 20.2. The second kappa shape index (κ2) is 10.5. The highest BCUT2D eigenvalue weighted by Crippen LogP contribution is 2.37. The number of hydrogen-bond donors (Lipinski definition) is 1. The van der Waals surface area contributed by atoms with Crippen LogP contribution in [-0.2, 0) is 4.74 Å². The lowest BCUT2D eigenvalue weighted by Gasteiger charge is -2.12. The highest BCUT2D eigenvalue weighted by Gasteiger charge is 2.24. The van der Waals surface area contributed by atoms with Crippen LogP contribution in [0.25, 0.3) is 33.3 Å². The lowest BCUT2D eigenvalue weighted by atomic mass is 10.0. The molecular formula is C30H23ClN2O3S. The van der Waals surface area contributed by atoms with Crippen LogP contribution >= 0.6 is 22.9 Å². The third kappa shape index (κ3) is 5.12. The third-order valence-corrected chi connectivity index (χ3v) is 7.11. The first-order valence-electron chi connectivity index (χ1n) is 11.8. The Kier molecular flexibility index (Phi) is 7.04. The molecule has 0 unspecified atom stereocenters. The van der Waals surface area contributed by atoms with Gasteiger partial charge in [-0.2, -0.15) is 0 Å². The molecule has 0 radical (unpaired) electrons. The van der Waals surface area contributed by atoms with Crippen molar-refractivity contribution in [2.24, 2.45) is 0 Å². The molecule has 0 bridgehead atoms. The van der Waals surface area contributed by atoms with E-state index >= 15 is 0 Å². The van der Waals surface area contributed by atoms with Crippen LogP contribution in [0.5, 0.6) is 0 Å². The molecule has 5 rings (SSSR count). The first kappa shape index (κ1) is 24.7. The van der Waals surface area contributed by atoms with Crippen LogP contribution in [0.2, 0.25) is 5.02 Å². The molecular weight excluding hydrogens is 504 g/mol. The first-order valence-corrected chi connectivity index (χ1v) is 13.0. The molecule has 37 heavy (non-hydrogen) atoms. The van der Waals surface area contributed by atoms with Crippen LogP contribution < -0.4 is 5.32 Å². The van der Waals surface area contributed by atoms with Crippen molar-refractivity contribution in [3.05, 3.63) is 106 Å². The minimum absolute atomic E-state index is 0.231. The zero-order chi connectivity index (χ0) is 25.9. The number of halogens is 1. The molecule has 5 nitrogen and oxygen atoms in total.